The molecular formula is C15H16N2O2. The molecule has 1 aromatic heterocycles. The first-order chi connectivity index (χ1) is 9.13. The maximum absolute atomic E-state index is 12.5. The van der Waals surface area contributed by atoms with Crippen molar-refractivity contribution in [2.24, 2.45) is 0 Å². The number of hydrogen-bond acceptors (Lipinski definition) is 2. The zero-order valence-electron chi connectivity index (χ0n) is 11.0. The second-order valence-electron chi connectivity index (χ2n) is 4.34. The highest BCUT2D eigenvalue weighted by Gasteiger charge is 2.15. The lowest BCUT2D eigenvalue weighted by molar-refractivity contribution is -0.121. The second kappa shape index (κ2) is 5.52. The molecule has 4 heteroatoms. The highest BCUT2D eigenvalue weighted by Crippen LogP contribution is 2.14. The highest BCUT2D eigenvalue weighted by atomic mass is 16.2. The molecule has 0 spiro atoms. The second-order valence-corrected chi connectivity index (χ2v) is 4.34. The van der Waals surface area contributed by atoms with Gasteiger partial charge >= 0.3 is 0 Å². The number of carbonyl (C=O) groups excluding carboxylic acids is 2. The van der Waals surface area contributed by atoms with E-state index in [4.69, 9.17) is 0 Å². The molecule has 2 aromatic rings. The monoisotopic (exact) mass is 256 g/mol. The molecule has 0 aliphatic heterocycles. The van der Waals surface area contributed by atoms with Crippen LogP contribution < -0.4 is 5.32 Å². The minimum atomic E-state index is -0.130. The molecule has 2 rings (SSSR count). The Balaban J connectivity index is 2.33. The lowest BCUT2D eigenvalue weighted by atomic mass is 10.0. The van der Waals surface area contributed by atoms with Crippen LogP contribution in [0, 0.1) is 6.92 Å². The van der Waals surface area contributed by atoms with Crippen molar-refractivity contribution in [3.8, 4) is 0 Å². The third kappa shape index (κ3) is 2.73. The van der Waals surface area contributed by atoms with E-state index in [0.29, 0.717) is 11.3 Å². The smallest absolute Gasteiger partial charge is 0.239 e. The third-order valence-corrected chi connectivity index (χ3v) is 3.04. The number of carbonyl (C=O) groups is 2. The topological polar surface area (TPSA) is 51.1 Å². The summed E-state index contributed by atoms with van der Waals surface area (Å²) in [6, 6.07) is 10.9. The van der Waals surface area contributed by atoms with Gasteiger partial charge in [0.25, 0.3) is 0 Å². The molecule has 4 nitrogen and oxygen atoms in total. The maximum Gasteiger partial charge on any atom is 0.239 e. The Labute approximate surface area is 112 Å². The van der Waals surface area contributed by atoms with Crippen LogP contribution in [0.4, 0.5) is 0 Å². The van der Waals surface area contributed by atoms with Crippen molar-refractivity contribution in [1.29, 1.82) is 0 Å². The van der Waals surface area contributed by atoms with E-state index in [2.05, 4.69) is 5.32 Å². The van der Waals surface area contributed by atoms with Gasteiger partial charge in [-0.05, 0) is 24.6 Å². The van der Waals surface area contributed by atoms with Crippen molar-refractivity contribution >= 4 is 11.7 Å². The van der Waals surface area contributed by atoms with Gasteiger partial charge in [0, 0.05) is 18.8 Å². The van der Waals surface area contributed by atoms with Gasteiger partial charge in [0.15, 0.2) is 0 Å². The fourth-order valence-electron chi connectivity index (χ4n) is 1.96. The van der Waals surface area contributed by atoms with Crippen molar-refractivity contribution in [2.45, 2.75) is 13.5 Å². The van der Waals surface area contributed by atoms with Gasteiger partial charge in [-0.2, -0.15) is 0 Å². The van der Waals surface area contributed by atoms with Gasteiger partial charge in [-0.1, -0.05) is 24.3 Å². The van der Waals surface area contributed by atoms with Crippen molar-refractivity contribution in [3.63, 3.8) is 0 Å². The highest BCUT2D eigenvalue weighted by molar-refractivity contribution is 6.09. The summed E-state index contributed by atoms with van der Waals surface area (Å²) in [5.41, 5.74) is 2.12. The zero-order chi connectivity index (χ0) is 13.8. The number of rotatable bonds is 4. The number of aromatic nitrogens is 1. The SMILES string of the molecule is CNC(=O)Cn1cccc1C(=O)c1ccccc1C. The van der Waals surface area contributed by atoms with E-state index < -0.39 is 0 Å². The third-order valence-electron chi connectivity index (χ3n) is 3.04. The van der Waals surface area contributed by atoms with E-state index in [1.54, 1.807) is 36.0 Å². The van der Waals surface area contributed by atoms with E-state index in [9.17, 15) is 9.59 Å². The molecule has 0 saturated heterocycles. The summed E-state index contributed by atoms with van der Waals surface area (Å²) in [6.07, 6.45) is 1.74. The first-order valence-corrected chi connectivity index (χ1v) is 6.09. The van der Waals surface area contributed by atoms with Crippen molar-refractivity contribution in [2.75, 3.05) is 7.05 Å². The predicted molar refractivity (Wildman–Crippen MR) is 73.1 cm³/mol. The van der Waals surface area contributed by atoms with Gasteiger partial charge in [-0.25, -0.2) is 0 Å². The lowest BCUT2D eigenvalue weighted by Gasteiger charge is -2.09. The Hall–Kier alpha value is -2.36. The van der Waals surface area contributed by atoms with Gasteiger partial charge in [0.05, 0.1) is 5.69 Å². The summed E-state index contributed by atoms with van der Waals surface area (Å²) >= 11 is 0. The number of ketones is 1. The zero-order valence-corrected chi connectivity index (χ0v) is 11.0. The van der Waals surface area contributed by atoms with E-state index in [1.807, 2.05) is 25.1 Å². The minimum absolute atomic E-state index is 0.0630. The van der Waals surface area contributed by atoms with Crippen molar-refractivity contribution < 1.29 is 9.59 Å². The van der Waals surface area contributed by atoms with Gasteiger partial charge in [0.2, 0.25) is 11.7 Å². The van der Waals surface area contributed by atoms with Crippen LogP contribution in [0.2, 0.25) is 0 Å². The normalized spacial score (nSPS) is 10.2. The molecule has 0 aliphatic carbocycles. The standard InChI is InChI=1S/C15H16N2O2/c1-11-6-3-4-7-12(11)15(19)13-8-5-9-17(13)10-14(18)16-2/h3-9H,10H2,1-2H3,(H,16,18). The molecule has 0 unspecified atom stereocenters. The molecule has 1 aromatic carbocycles. The van der Waals surface area contributed by atoms with Crippen LogP contribution in [0.1, 0.15) is 21.6 Å². The van der Waals surface area contributed by atoms with Crippen LogP contribution in [-0.4, -0.2) is 23.3 Å². The van der Waals surface area contributed by atoms with E-state index in [-0.39, 0.29) is 18.2 Å². The summed E-state index contributed by atoms with van der Waals surface area (Å²) in [4.78, 5) is 23.9. The van der Waals surface area contributed by atoms with Crippen LogP contribution in [0.3, 0.4) is 0 Å². The number of aryl methyl sites for hydroxylation is 1. The number of nitrogens with one attached hydrogen (secondary N) is 1. The summed E-state index contributed by atoms with van der Waals surface area (Å²) in [5, 5.41) is 2.55. The first kappa shape index (κ1) is 13.1. The largest absolute Gasteiger partial charge is 0.358 e. The Kier molecular flexibility index (Phi) is 3.80. The van der Waals surface area contributed by atoms with Crippen molar-refractivity contribution in [3.05, 3.63) is 59.4 Å². The molecule has 0 bridgehead atoms. The quantitative estimate of drug-likeness (QED) is 0.848. The summed E-state index contributed by atoms with van der Waals surface area (Å²) in [5.74, 6) is -0.193. The average molecular weight is 256 g/mol. The number of benzene rings is 1. The number of likely N-dealkylation sites (N-methyl/N-ethyl adjacent to an activating group) is 1. The molecule has 0 radical (unpaired) electrons. The average Bonchev–Trinajstić information content (AvgIpc) is 2.86. The van der Waals surface area contributed by atoms with Crippen LogP contribution in [0.5, 0.6) is 0 Å². The minimum Gasteiger partial charge on any atom is -0.358 e. The molecular weight excluding hydrogens is 240 g/mol. The Bertz CT molecular complexity index is 614. The molecule has 1 N–H and O–H groups in total. The van der Waals surface area contributed by atoms with E-state index in [0.717, 1.165) is 5.56 Å². The molecule has 1 amide bonds. The Morgan fingerprint density at radius 1 is 1.16 bits per heavy atom. The van der Waals surface area contributed by atoms with E-state index in [1.165, 1.54) is 0 Å². The molecule has 98 valence electrons. The van der Waals surface area contributed by atoms with Crippen LogP contribution in [0.25, 0.3) is 0 Å². The van der Waals surface area contributed by atoms with Crippen LogP contribution in [0.15, 0.2) is 42.6 Å². The van der Waals surface area contributed by atoms with Gasteiger partial charge in [0.1, 0.15) is 6.54 Å². The predicted octanol–water partition coefficient (Wildman–Crippen LogP) is 1.77. The van der Waals surface area contributed by atoms with Gasteiger partial charge in [-0.15, -0.1) is 0 Å². The number of hydrogen-bond donors (Lipinski definition) is 1. The van der Waals surface area contributed by atoms with Crippen LogP contribution >= 0.6 is 0 Å². The molecule has 0 aliphatic rings. The summed E-state index contributed by atoms with van der Waals surface area (Å²) in [6.45, 7) is 2.05. The van der Waals surface area contributed by atoms with Crippen LogP contribution in [-0.2, 0) is 11.3 Å². The van der Waals surface area contributed by atoms with Gasteiger partial charge < -0.3 is 9.88 Å². The van der Waals surface area contributed by atoms with Gasteiger partial charge in [-0.3, -0.25) is 9.59 Å². The molecule has 19 heavy (non-hydrogen) atoms. The number of nitrogens with zero attached hydrogens (tertiary/aromatic N) is 1. The molecule has 0 atom stereocenters. The van der Waals surface area contributed by atoms with Crippen molar-refractivity contribution in [1.82, 2.24) is 9.88 Å². The molecule has 1 heterocycles. The Morgan fingerprint density at radius 2 is 1.89 bits per heavy atom. The number of amides is 1. The molecule has 0 saturated carbocycles. The summed E-state index contributed by atoms with van der Waals surface area (Å²) in [7, 11) is 1.58. The lowest BCUT2D eigenvalue weighted by Crippen LogP contribution is -2.25. The van der Waals surface area contributed by atoms with E-state index >= 15 is 0 Å². The fraction of sp³-hybridized carbons (Fsp3) is 0.200. The molecule has 0 fully saturated rings. The first-order valence-electron chi connectivity index (χ1n) is 6.09. The maximum atomic E-state index is 12.5. The fourth-order valence-corrected chi connectivity index (χ4v) is 1.96. The Morgan fingerprint density at radius 3 is 2.58 bits per heavy atom. The summed E-state index contributed by atoms with van der Waals surface area (Å²) < 4.78 is 1.66.